The highest BCUT2D eigenvalue weighted by atomic mass is 19.1. The molecule has 148 valence electrons. The quantitative estimate of drug-likeness (QED) is 0.218. The zero-order chi connectivity index (χ0) is 19.9. The van der Waals surface area contributed by atoms with Crippen LogP contribution in [-0.2, 0) is 9.47 Å². The first-order valence-corrected chi connectivity index (χ1v) is 8.72. The van der Waals surface area contributed by atoms with E-state index >= 15 is 0 Å². The Balaban J connectivity index is 2.71. The molecule has 0 spiro atoms. The van der Waals surface area contributed by atoms with E-state index < -0.39 is 11.6 Å². The van der Waals surface area contributed by atoms with Gasteiger partial charge < -0.3 is 14.2 Å². The molecule has 1 aromatic rings. The van der Waals surface area contributed by atoms with E-state index in [1.165, 1.54) is 6.07 Å². The summed E-state index contributed by atoms with van der Waals surface area (Å²) >= 11 is 0. The number of benzene rings is 1. The van der Waals surface area contributed by atoms with Gasteiger partial charge in [0.15, 0.2) is 0 Å². The molecule has 6 nitrogen and oxygen atoms in total. The first-order valence-electron chi connectivity index (χ1n) is 8.72. The molecule has 7 heteroatoms. The lowest BCUT2D eigenvalue weighted by atomic mass is 10.0. The Bertz CT molecular complexity index is 670. The molecule has 0 unspecified atom stereocenters. The smallest absolute Gasteiger partial charge is 0.280 e. The van der Waals surface area contributed by atoms with Crippen LogP contribution in [0.1, 0.15) is 19.4 Å². The Kier molecular flexibility index (Phi) is 11.4. The normalized spacial score (nSPS) is 12.2. The standard InChI is InChI=1S/C20H26FNO5/c1-3-5-7-17(6-4-2)19-9-8-18(16-20(19)22(23)24)27-15-14-26-13-12-25-11-10-21/h3-9,16H,10-15H2,1-2H3/b5-3-,6-4+,17-7+. The summed E-state index contributed by atoms with van der Waals surface area (Å²) in [6, 6.07) is 4.78. The summed E-state index contributed by atoms with van der Waals surface area (Å²) in [5.41, 5.74) is 1.23. The highest BCUT2D eigenvalue weighted by Gasteiger charge is 2.17. The predicted molar refractivity (Wildman–Crippen MR) is 104 cm³/mol. The van der Waals surface area contributed by atoms with E-state index in [-0.39, 0.29) is 18.9 Å². The van der Waals surface area contributed by atoms with Crippen molar-refractivity contribution in [3.8, 4) is 5.75 Å². The maximum Gasteiger partial charge on any atom is 0.280 e. The lowest BCUT2D eigenvalue weighted by Crippen LogP contribution is -2.11. The molecule has 0 aliphatic carbocycles. The Hall–Kier alpha value is -2.51. The van der Waals surface area contributed by atoms with Gasteiger partial charge in [-0.2, -0.15) is 0 Å². The monoisotopic (exact) mass is 379 g/mol. The molecular weight excluding hydrogens is 353 g/mol. The molecule has 0 heterocycles. The minimum Gasteiger partial charge on any atom is -0.491 e. The Morgan fingerprint density at radius 1 is 1.11 bits per heavy atom. The molecule has 1 aromatic carbocycles. The van der Waals surface area contributed by atoms with Gasteiger partial charge in [-0.3, -0.25) is 10.1 Å². The first-order chi connectivity index (χ1) is 13.1. The zero-order valence-electron chi connectivity index (χ0n) is 15.7. The number of ether oxygens (including phenoxy) is 3. The van der Waals surface area contributed by atoms with Crippen LogP contribution in [0.3, 0.4) is 0 Å². The molecule has 0 fully saturated rings. The molecule has 27 heavy (non-hydrogen) atoms. The van der Waals surface area contributed by atoms with Gasteiger partial charge in [0.1, 0.15) is 19.0 Å². The zero-order valence-corrected chi connectivity index (χ0v) is 15.7. The number of hydrogen-bond acceptors (Lipinski definition) is 5. The molecule has 0 saturated carbocycles. The van der Waals surface area contributed by atoms with Gasteiger partial charge >= 0.3 is 0 Å². The Labute approximate surface area is 159 Å². The van der Waals surface area contributed by atoms with Crippen LogP contribution in [0, 0.1) is 10.1 Å². The number of alkyl halides is 1. The molecule has 0 amide bonds. The van der Waals surface area contributed by atoms with Crippen molar-refractivity contribution in [3.63, 3.8) is 0 Å². The fourth-order valence-corrected chi connectivity index (χ4v) is 2.21. The molecule has 0 bridgehead atoms. The molecule has 0 aliphatic heterocycles. The second-order valence-corrected chi connectivity index (χ2v) is 5.35. The van der Waals surface area contributed by atoms with Crippen molar-refractivity contribution in [2.45, 2.75) is 13.8 Å². The molecule has 0 radical (unpaired) electrons. The average Bonchev–Trinajstić information content (AvgIpc) is 2.67. The highest BCUT2D eigenvalue weighted by Crippen LogP contribution is 2.31. The maximum absolute atomic E-state index is 11.8. The summed E-state index contributed by atoms with van der Waals surface area (Å²) in [5, 5.41) is 11.5. The third-order valence-corrected chi connectivity index (χ3v) is 3.38. The second-order valence-electron chi connectivity index (χ2n) is 5.35. The van der Waals surface area contributed by atoms with E-state index in [0.29, 0.717) is 31.1 Å². The number of hydrogen-bond donors (Lipinski definition) is 0. The van der Waals surface area contributed by atoms with E-state index in [2.05, 4.69) is 0 Å². The molecule has 0 aliphatic rings. The van der Waals surface area contributed by atoms with Gasteiger partial charge in [0, 0.05) is 0 Å². The van der Waals surface area contributed by atoms with Crippen molar-refractivity contribution < 1.29 is 23.5 Å². The Morgan fingerprint density at radius 2 is 1.81 bits per heavy atom. The number of allylic oxidation sites excluding steroid dienone is 6. The summed E-state index contributed by atoms with van der Waals surface area (Å²) in [6.07, 6.45) is 9.16. The summed E-state index contributed by atoms with van der Waals surface area (Å²) < 4.78 is 27.6. The van der Waals surface area contributed by atoms with Crippen molar-refractivity contribution in [3.05, 3.63) is 64.3 Å². The van der Waals surface area contributed by atoms with Gasteiger partial charge in [-0.15, -0.1) is 0 Å². The molecule has 0 N–H and O–H groups in total. The summed E-state index contributed by atoms with van der Waals surface area (Å²) in [6.45, 7) is 4.49. The van der Waals surface area contributed by atoms with Crippen molar-refractivity contribution in [1.82, 2.24) is 0 Å². The van der Waals surface area contributed by atoms with Crippen LogP contribution in [0.15, 0.2) is 48.6 Å². The van der Waals surface area contributed by atoms with Gasteiger partial charge in [-0.1, -0.05) is 30.4 Å². The third kappa shape index (κ3) is 8.61. The van der Waals surface area contributed by atoms with Crippen LogP contribution < -0.4 is 4.74 Å². The fraction of sp³-hybridized carbons (Fsp3) is 0.400. The van der Waals surface area contributed by atoms with Crippen LogP contribution in [0.25, 0.3) is 5.57 Å². The van der Waals surface area contributed by atoms with Gasteiger partial charge in [-0.25, -0.2) is 4.39 Å². The van der Waals surface area contributed by atoms with E-state index in [4.69, 9.17) is 14.2 Å². The molecule has 0 atom stereocenters. The van der Waals surface area contributed by atoms with Gasteiger partial charge in [0.2, 0.25) is 0 Å². The SMILES string of the molecule is C\C=C/C=C(\C=C\C)c1ccc(OCCOCCOCCF)cc1[N+](=O)[O-]. The highest BCUT2D eigenvalue weighted by molar-refractivity contribution is 5.81. The van der Waals surface area contributed by atoms with Crippen molar-refractivity contribution in [2.75, 3.05) is 39.7 Å². The molecular formula is C20H26FNO5. The third-order valence-electron chi connectivity index (χ3n) is 3.38. The molecule has 0 saturated heterocycles. The number of rotatable bonds is 13. The van der Waals surface area contributed by atoms with Crippen LogP contribution in [-0.4, -0.2) is 44.6 Å². The van der Waals surface area contributed by atoms with E-state index in [1.807, 2.05) is 44.2 Å². The van der Waals surface area contributed by atoms with Crippen LogP contribution in [0.5, 0.6) is 5.75 Å². The van der Waals surface area contributed by atoms with Crippen molar-refractivity contribution >= 4 is 11.3 Å². The van der Waals surface area contributed by atoms with Crippen LogP contribution >= 0.6 is 0 Å². The minimum atomic E-state index is -0.516. The average molecular weight is 379 g/mol. The first kappa shape index (κ1) is 22.5. The number of halogens is 1. The van der Waals surface area contributed by atoms with E-state index in [1.54, 1.807) is 12.1 Å². The number of nitro benzene ring substituents is 1. The van der Waals surface area contributed by atoms with Crippen molar-refractivity contribution in [2.24, 2.45) is 0 Å². The van der Waals surface area contributed by atoms with E-state index in [9.17, 15) is 14.5 Å². The second kappa shape index (κ2) is 13.7. The number of nitro groups is 1. The lowest BCUT2D eigenvalue weighted by molar-refractivity contribution is -0.385. The van der Waals surface area contributed by atoms with Gasteiger partial charge in [0.05, 0.1) is 43.0 Å². The topological polar surface area (TPSA) is 70.8 Å². The predicted octanol–water partition coefficient (Wildman–Crippen LogP) is 4.51. The van der Waals surface area contributed by atoms with Crippen LogP contribution in [0.4, 0.5) is 10.1 Å². The lowest BCUT2D eigenvalue weighted by Gasteiger charge is -2.09. The molecule has 1 rings (SSSR count). The Morgan fingerprint density at radius 3 is 2.44 bits per heavy atom. The van der Waals surface area contributed by atoms with E-state index in [0.717, 1.165) is 5.57 Å². The number of nitrogens with zero attached hydrogens (tertiary/aromatic N) is 1. The van der Waals surface area contributed by atoms with Crippen molar-refractivity contribution in [1.29, 1.82) is 0 Å². The largest absolute Gasteiger partial charge is 0.491 e. The van der Waals surface area contributed by atoms with Gasteiger partial charge in [0.25, 0.3) is 5.69 Å². The summed E-state index contributed by atoms with van der Waals surface area (Å²) in [5.74, 6) is 0.397. The maximum atomic E-state index is 11.8. The fourth-order valence-electron chi connectivity index (χ4n) is 2.21. The summed E-state index contributed by atoms with van der Waals surface area (Å²) in [4.78, 5) is 11.1. The minimum absolute atomic E-state index is 0.0260. The van der Waals surface area contributed by atoms with Crippen LogP contribution in [0.2, 0.25) is 0 Å². The van der Waals surface area contributed by atoms with Gasteiger partial charge in [-0.05, 0) is 31.6 Å². The molecule has 0 aromatic heterocycles. The summed E-state index contributed by atoms with van der Waals surface area (Å²) in [7, 11) is 0.